The molecule has 0 fully saturated rings. The molecule has 0 spiro atoms. The van der Waals surface area contributed by atoms with Crippen molar-refractivity contribution in [1.29, 1.82) is 0 Å². The van der Waals surface area contributed by atoms with Crippen molar-refractivity contribution >= 4 is 11.8 Å². The summed E-state index contributed by atoms with van der Waals surface area (Å²) >= 11 is 0. The third kappa shape index (κ3) is 2.48. The van der Waals surface area contributed by atoms with Crippen LogP contribution in [0.5, 0.6) is 0 Å². The number of hydrogen-bond donors (Lipinski definition) is 0. The summed E-state index contributed by atoms with van der Waals surface area (Å²) in [6.07, 6.45) is 1.35. The van der Waals surface area contributed by atoms with E-state index in [-0.39, 0.29) is 5.56 Å². The maximum absolute atomic E-state index is 13.5. The lowest BCUT2D eigenvalue weighted by atomic mass is 9.98. The Morgan fingerprint density at radius 3 is 2.20 bits per heavy atom. The SMILES string of the molecule is CC(C)C(F)(F)c1ccc(N=C=O)cc1. The normalized spacial score (nSPS) is 11.3. The van der Waals surface area contributed by atoms with E-state index in [0.717, 1.165) is 0 Å². The molecule has 1 rings (SSSR count). The van der Waals surface area contributed by atoms with Crippen LogP contribution in [0.4, 0.5) is 14.5 Å². The number of isocyanates is 1. The van der Waals surface area contributed by atoms with Gasteiger partial charge in [0.05, 0.1) is 5.69 Å². The van der Waals surface area contributed by atoms with Gasteiger partial charge in [0.2, 0.25) is 6.08 Å². The van der Waals surface area contributed by atoms with Crippen molar-refractivity contribution in [2.24, 2.45) is 10.9 Å². The van der Waals surface area contributed by atoms with Gasteiger partial charge in [-0.1, -0.05) is 26.0 Å². The third-order valence-electron chi connectivity index (χ3n) is 2.15. The molecule has 0 aliphatic carbocycles. The summed E-state index contributed by atoms with van der Waals surface area (Å²) in [4.78, 5) is 13.2. The van der Waals surface area contributed by atoms with Crippen LogP contribution in [0.3, 0.4) is 0 Å². The summed E-state index contributed by atoms with van der Waals surface area (Å²) in [6, 6.07) is 5.29. The van der Waals surface area contributed by atoms with Crippen LogP contribution >= 0.6 is 0 Å². The van der Waals surface area contributed by atoms with E-state index in [4.69, 9.17) is 0 Å². The van der Waals surface area contributed by atoms with Gasteiger partial charge in [-0.05, 0) is 12.1 Å². The molecule has 0 aliphatic rings. The minimum Gasteiger partial charge on any atom is -0.211 e. The van der Waals surface area contributed by atoms with Gasteiger partial charge in [-0.2, -0.15) is 4.99 Å². The van der Waals surface area contributed by atoms with E-state index in [1.165, 1.54) is 44.2 Å². The average Bonchev–Trinajstić information content (AvgIpc) is 2.19. The van der Waals surface area contributed by atoms with Crippen molar-refractivity contribution in [3.05, 3.63) is 29.8 Å². The van der Waals surface area contributed by atoms with Crippen LogP contribution in [0.2, 0.25) is 0 Å². The van der Waals surface area contributed by atoms with Crippen LogP contribution in [0, 0.1) is 5.92 Å². The van der Waals surface area contributed by atoms with E-state index in [2.05, 4.69) is 4.99 Å². The standard InChI is InChI=1S/C11H11F2NO/c1-8(2)11(12,13)9-3-5-10(6-4-9)14-7-15/h3-6,8H,1-2H3. The number of alkyl halides is 2. The summed E-state index contributed by atoms with van der Waals surface area (Å²) < 4.78 is 27.0. The Bertz CT molecular complexity index is 378. The molecule has 80 valence electrons. The maximum atomic E-state index is 13.5. The molecule has 0 radical (unpaired) electrons. The van der Waals surface area contributed by atoms with Gasteiger partial charge in [0, 0.05) is 11.5 Å². The van der Waals surface area contributed by atoms with Gasteiger partial charge in [-0.3, -0.25) is 0 Å². The summed E-state index contributed by atoms with van der Waals surface area (Å²) in [5.41, 5.74) is 0.260. The van der Waals surface area contributed by atoms with E-state index in [1.807, 2.05) is 0 Å². The molecule has 0 N–H and O–H groups in total. The highest BCUT2D eigenvalue weighted by Crippen LogP contribution is 2.36. The molecule has 0 aromatic heterocycles. The lowest BCUT2D eigenvalue weighted by Gasteiger charge is -2.20. The zero-order valence-electron chi connectivity index (χ0n) is 8.50. The molecule has 0 saturated heterocycles. The Kier molecular flexibility index (Phi) is 3.32. The highest BCUT2D eigenvalue weighted by molar-refractivity contribution is 5.49. The van der Waals surface area contributed by atoms with Gasteiger partial charge in [0.1, 0.15) is 0 Å². The molecule has 0 heterocycles. The monoisotopic (exact) mass is 211 g/mol. The third-order valence-corrected chi connectivity index (χ3v) is 2.15. The molecule has 0 amide bonds. The Labute approximate surface area is 86.6 Å². The zero-order valence-corrected chi connectivity index (χ0v) is 8.50. The molecule has 0 saturated carbocycles. The average molecular weight is 211 g/mol. The minimum atomic E-state index is -2.86. The fourth-order valence-corrected chi connectivity index (χ4v) is 1.14. The molecule has 0 aliphatic heterocycles. The Morgan fingerprint density at radius 1 is 1.27 bits per heavy atom. The molecular weight excluding hydrogens is 200 g/mol. The quantitative estimate of drug-likeness (QED) is 0.556. The predicted molar refractivity (Wildman–Crippen MR) is 53.0 cm³/mol. The van der Waals surface area contributed by atoms with E-state index < -0.39 is 11.8 Å². The lowest BCUT2D eigenvalue weighted by molar-refractivity contribution is -0.0513. The fourth-order valence-electron chi connectivity index (χ4n) is 1.14. The molecule has 4 heteroatoms. The topological polar surface area (TPSA) is 29.4 Å². The first-order valence-electron chi connectivity index (χ1n) is 4.54. The van der Waals surface area contributed by atoms with Crippen LogP contribution in [-0.4, -0.2) is 6.08 Å². The number of nitrogens with zero attached hydrogens (tertiary/aromatic N) is 1. The van der Waals surface area contributed by atoms with Crippen molar-refractivity contribution in [1.82, 2.24) is 0 Å². The zero-order chi connectivity index (χ0) is 11.5. The summed E-state index contributed by atoms with van der Waals surface area (Å²) in [5, 5.41) is 0. The molecule has 1 aromatic rings. The van der Waals surface area contributed by atoms with Crippen LogP contribution in [-0.2, 0) is 10.7 Å². The largest absolute Gasteiger partial charge is 0.275 e. The number of hydrogen-bond acceptors (Lipinski definition) is 2. The Morgan fingerprint density at radius 2 is 1.80 bits per heavy atom. The van der Waals surface area contributed by atoms with Crippen molar-refractivity contribution in [2.75, 3.05) is 0 Å². The molecule has 2 nitrogen and oxygen atoms in total. The van der Waals surface area contributed by atoms with Gasteiger partial charge in [-0.15, -0.1) is 0 Å². The van der Waals surface area contributed by atoms with Gasteiger partial charge in [0.15, 0.2) is 0 Å². The van der Waals surface area contributed by atoms with Crippen LogP contribution < -0.4 is 0 Å². The summed E-state index contributed by atoms with van der Waals surface area (Å²) in [7, 11) is 0. The minimum absolute atomic E-state index is 0.0673. The molecule has 15 heavy (non-hydrogen) atoms. The number of rotatable bonds is 3. The van der Waals surface area contributed by atoms with Crippen molar-refractivity contribution in [3.8, 4) is 0 Å². The van der Waals surface area contributed by atoms with E-state index in [0.29, 0.717) is 5.69 Å². The van der Waals surface area contributed by atoms with Crippen molar-refractivity contribution in [3.63, 3.8) is 0 Å². The van der Waals surface area contributed by atoms with Crippen molar-refractivity contribution < 1.29 is 13.6 Å². The second kappa shape index (κ2) is 4.32. The first kappa shape index (κ1) is 11.5. The summed E-state index contributed by atoms with van der Waals surface area (Å²) in [5.74, 6) is -3.62. The van der Waals surface area contributed by atoms with E-state index in [9.17, 15) is 13.6 Å². The number of aliphatic imine (C=N–C) groups is 1. The van der Waals surface area contributed by atoms with E-state index >= 15 is 0 Å². The first-order chi connectivity index (χ1) is 6.98. The molecule has 0 atom stereocenters. The number of halogens is 2. The molecule has 0 unspecified atom stereocenters. The van der Waals surface area contributed by atoms with Crippen LogP contribution in [0.25, 0.3) is 0 Å². The second-order valence-corrected chi connectivity index (χ2v) is 3.53. The second-order valence-electron chi connectivity index (χ2n) is 3.53. The van der Waals surface area contributed by atoms with Crippen molar-refractivity contribution in [2.45, 2.75) is 19.8 Å². The molecule has 1 aromatic carbocycles. The van der Waals surface area contributed by atoms with Crippen LogP contribution in [0.15, 0.2) is 29.3 Å². The molecule has 0 bridgehead atoms. The highest BCUT2D eigenvalue weighted by atomic mass is 19.3. The van der Waals surface area contributed by atoms with Gasteiger partial charge < -0.3 is 0 Å². The Hall–Kier alpha value is -1.54. The van der Waals surface area contributed by atoms with Gasteiger partial charge in [-0.25, -0.2) is 13.6 Å². The van der Waals surface area contributed by atoms with E-state index in [1.54, 1.807) is 0 Å². The number of carbonyl (C=O) groups excluding carboxylic acids is 1. The molecular formula is C11H11F2NO. The smallest absolute Gasteiger partial charge is 0.211 e. The van der Waals surface area contributed by atoms with Gasteiger partial charge in [0.25, 0.3) is 5.92 Å². The summed E-state index contributed by atoms with van der Waals surface area (Å²) in [6.45, 7) is 2.91. The Balaban J connectivity index is 3.03. The maximum Gasteiger partial charge on any atom is 0.275 e. The van der Waals surface area contributed by atoms with Gasteiger partial charge >= 0.3 is 0 Å². The first-order valence-corrected chi connectivity index (χ1v) is 4.54. The predicted octanol–water partition coefficient (Wildman–Crippen LogP) is 3.40. The fraction of sp³-hybridized carbons (Fsp3) is 0.364. The van der Waals surface area contributed by atoms with Crippen LogP contribution in [0.1, 0.15) is 19.4 Å². The number of benzene rings is 1. The highest BCUT2D eigenvalue weighted by Gasteiger charge is 2.35. The lowest BCUT2D eigenvalue weighted by Crippen LogP contribution is -2.20.